The maximum absolute atomic E-state index is 14.4. The summed E-state index contributed by atoms with van der Waals surface area (Å²) in [7, 11) is 1.23. The van der Waals surface area contributed by atoms with E-state index in [1.807, 2.05) is 29.6 Å². The highest BCUT2D eigenvalue weighted by Crippen LogP contribution is 2.28. The second-order valence-electron chi connectivity index (χ2n) is 15.2. The lowest BCUT2D eigenvalue weighted by Crippen LogP contribution is -2.58. The lowest BCUT2D eigenvalue weighted by molar-refractivity contribution is -0.145. The van der Waals surface area contributed by atoms with Gasteiger partial charge in [-0.1, -0.05) is 61.5 Å². The topological polar surface area (TPSA) is 203 Å². The van der Waals surface area contributed by atoms with Gasteiger partial charge in [0.1, 0.15) is 54.6 Å². The van der Waals surface area contributed by atoms with Gasteiger partial charge in [0.25, 0.3) is 5.91 Å². The number of carbonyl (C=O) groups excluding carboxylic acids is 5. The Kier molecular flexibility index (Phi) is 13.0. The predicted octanol–water partition coefficient (Wildman–Crippen LogP) is 2.81. The molecule has 4 amide bonds. The van der Waals surface area contributed by atoms with Crippen LogP contribution < -0.4 is 25.4 Å². The number of aromatic nitrogens is 3. The summed E-state index contributed by atoms with van der Waals surface area (Å²) in [5.74, 6) is -2.76. The van der Waals surface area contributed by atoms with E-state index in [2.05, 4.69) is 26.3 Å². The number of nitrogens with one attached hydrogen (secondary N) is 3. The van der Waals surface area contributed by atoms with Gasteiger partial charge in [0.2, 0.25) is 17.7 Å². The molecule has 5 atom stereocenters. The first kappa shape index (κ1) is 41.8. The maximum atomic E-state index is 14.4. The van der Waals surface area contributed by atoms with Crippen LogP contribution in [0.1, 0.15) is 47.4 Å². The quantitative estimate of drug-likeness (QED) is 0.194. The molecule has 0 radical (unpaired) electrons. The zero-order chi connectivity index (χ0) is 42.3. The smallest absolute Gasteiger partial charge is 0.328 e. The standard InChI is InChI=1S/C43H47N7O9S/c1-25(2)38-42(55)50-22-29(51)20-35(50)41(54)44-33(19-27-24-60-37-11-7-5-8-31(27)37)40(53)45-34(43(56)57-3)18-26-12-14-30(15-13-26)58-17-16-49-21-28(47-48-49)23-59-36-10-6-4-9-32(36)39(52)46-38/h4-15,21,24-25,29,33-35,38,51H,16-20,22-23H2,1-3H3,(H,44,54)(H,45,53)(H,46,52)/t29-,33-,34-,35+,38+/m0/s1. The molecule has 314 valence electrons. The first-order chi connectivity index (χ1) is 29.0. The summed E-state index contributed by atoms with van der Waals surface area (Å²) in [4.78, 5) is 71.2. The minimum Gasteiger partial charge on any atom is -0.492 e. The lowest BCUT2D eigenvalue weighted by atomic mass is 10.0. The van der Waals surface area contributed by atoms with Crippen molar-refractivity contribution in [2.75, 3.05) is 20.3 Å². The van der Waals surface area contributed by atoms with E-state index in [9.17, 15) is 29.1 Å². The van der Waals surface area contributed by atoms with Crippen molar-refractivity contribution in [1.29, 1.82) is 0 Å². The number of rotatable bonds is 4. The number of ether oxygens (including phenoxy) is 3. The van der Waals surface area contributed by atoms with Crippen molar-refractivity contribution in [3.8, 4) is 11.5 Å². The van der Waals surface area contributed by atoms with E-state index >= 15 is 0 Å². The van der Waals surface area contributed by atoms with E-state index < -0.39 is 65.8 Å². The number of methoxy groups -OCH3 is 1. The third-order valence-corrected chi connectivity index (χ3v) is 11.6. The van der Waals surface area contributed by atoms with Crippen LogP contribution in [-0.4, -0.2) is 105 Å². The van der Waals surface area contributed by atoms with Crippen LogP contribution in [0.25, 0.3) is 10.1 Å². The number of amides is 4. The van der Waals surface area contributed by atoms with Crippen molar-refractivity contribution in [3.63, 3.8) is 0 Å². The van der Waals surface area contributed by atoms with Gasteiger partial charge in [-0.3, -0.25) is 19.2 Å². The molecule has 17 heteroatoms. The Morgan fingerprint density at radius 2 is 1.73 bits per heavy atom. The van der Waals surface area contributed by atoms with Gasteiger partial charge in [-0.15, -0.1) is 16.4 Å². The molecule has 16 nitrogen and oxygen atoms in total. The minimum atomic E-state index is -1.20. The average Bonchev–Trinajstić information content (AvgIpc) is 3.99. The molecule has 60 heavy (non-hydrogen) atoms. The normalized spacial score (nSPS) is 22.1. The van der Waals surface area contributed by atoms with E-state index in [-0.39, 0.29) is 50.3 Å². The van der Waals surface area contributed by atoms with Crippen LogP contribution in [0.5, 0.6) is 11.5 Å². The third-order valence-electron chi connectivity index (χ3n) is 10.6. The van der Waals surface area contributed by atoms with Gasteiger partial charge < -0.3 is 40.2 Å². The Hall–Kier alpha value is -6.33. The number of para-hydroxylation sites is 1. The molecular weight excluding hydrogens is 791 g/mol. The molecule has 0 unspecified atom stereocenters. The fraction of sp³-hybridized carbons (Fsp3) is 0.372. The molecule has 4 bridgehead atoms. The average molecular weight is 838 g/mol. The Bertz CT molecular complexity index is 2350. The van der Waals surface area contributed by atoms with Crippen LogP contribution in [0.2, 0.25) is 0 Å². The van der Waals surface area contributed by atoms with Crippen molar-refractivity contribution >= 4 is 51.0 Å². The molecule has 1 saturated heterocycles. The fourth-order valence-corrected chi connectivity index (χ4v) is 8.35. The van der Waals surface area contributed by atoms with E-state index in [1.54, 1.807) is 73.3 Å². The summed E-state index contributed by atoms with van der Waals surface area (Å²) in [6, 6.07) is 16.8. The Morgan fingerprint density at radius 3 is 2.52 bits per heavy atom. The fourth-order valence-electron chi connectivity index (χ4n) is 7.37. The zero-order valence-electron chi connectivity index (χ0n) is 33.4. The monoisotopic (exact) mass is 837 g/mol. The SMILES string of the molecule is COC(=O)[C@@H]1Cc2ccc(cc2)OCCn2cc(nn2)COc2ccccc2C(=O)N[C@H](C(C)C)C(=O)N2C[C@@H](O)C[C@@H]2C(=O)N[C@@H](Cc2csc3ccccc23)C(=O)N1. The molecule has 0 saturated carbocycles. The lowest BCUT2D eigenvalue weighted by Gasteiger charge is -2.31. The zero-order valence-corrected chi connectivity index (χ0v) is 34.2. The summed E-state index contributed by atoms with van der Waals surface area (Å²) in [6.07, 6.45) is 0.702. The molecule has 2 aromatic heterocycles. The second kappa shape index (κ2) is 18.7. The number of hydrogen-bond donors (Lipinski definition) is 4. The molecule has 4 N–H and O–H groups in total. The number of fused-ring (bicyclic) bond motifs is 15. The van der Waals surface area contributed by atoms with E-state index in [0.717, 1.165) is 15.6 Å². The molecular formula is C43H47N7O9S. The van der Waals surface area contributed by atoms with Crippen molar-refractivity contribution in [2.45, 2.75) is 76.5 Å². The van der Waals surface area contributed by atoms with Gasteiger partial charge in [-0.2, -0.15) is 0 Å². The molecule has 5 heterocycles. The number of benzene rings is 3. The van der Waals surface area contributed by atoms with Gasteiger partial charge in [-0.05, 0) is 58.1 Å². The van der Waals surface area contributed by atoms with E-state index in [0.29, 0.717) is 23.6 Å². The van der Waals surface area contributed by atoms with E-state index in [4.69, 9.17) is 14.2 Å². The van der Waals surface area contributed by atoms with Crippen LogP contribution in [0.3, 0.4) is 0 Å². The highest BCUT2D eigenvalue weighted by atomic mass is 32.1. The maximum Gasteiger partial charge on any atom is 0.328 e. The Labute approximate surface area is 350 Å². The van der Waals surface area contributed by atoms with Gasteiger partial charge in [0.05, 0.1) is 31.5 Å². The first-order valence-corrected chi connectivity index (χ1v) is 20.6. The van der Waals surface area contributed by atoms with Crippen molar-refractivity contribution in [3.05, 3.63) is 107 Å². The summed E-state index contributed by atoms with van der Waals surface area (Å²) in [5.41, 5.74) is 2.20. The number of hydrogen-bond acceptors (Lipinski definition) is 12. The number of thiophene rings is 1. The van der Waals surface area contributed by atoms with Crippen molar-refractivity contribution in [2.24, 2.45) is 5.92 Å². The molecule has 3 aliphatic heterocycles. The first-order valence-electron chi connectivity index (χ1n) is 19.7. The molecule has 3 aliphatic rings. The summed E-state index contributed by atoms with van der Waals surface area (Å²) in [6.45, 7) is 4.01. The van der Waals surface area contributed by atoms with Gasteiger partial charge in [0, 0.05) is 30.5 Å². The number of nitrogens with zero attached hydrogens (tertiary/aromatic N) is 4. The van der Waals surface area contributed by atoms with E-state index in [1.165, 1.54) is 23.3 Å². The summed E-state index contributed by atoms with van der Waals surface area (Å²) in [5, 5.41) is 30.5. The minimum absolute atomic E-state index is 0.00909. The molecule has 5 aromatic rings. The highest BCUT2D eigenvalue weighted by molar-refractivity contribution is 7.17. The number of aliphatic hydroxyl groups is 1. The third kappa shape index (κ3) is 9.75. The summed E-state index contributed by atoms with van der Waals surface area (Å²) < 4.78 is 19.6. The van der Waals surface area contributed by atoms with Gasteiger partial charge in [0.15, 0.2) is 0 Å². The van der Waals surface area contributed by atoms with Crippen LogP contribution in [0.15, 0.2) is 84.4 Å². The summed E-state index contributed by atoms with van der Waals surface area (Å²) >= 11 is 1.50. The second-order valence-corrected chi connectivity index (χ2v) is 16.1. The molecule has 0 aliphatic carbocycles. The Balaban J connectivity index is 1.21. The highest BCUT2D eigenvalue weighted by Gasteiger charge is 2.43. The predicted molar refractivity (Wildman–Crippen MR) is 220 cm³/mol. The van der Waals surface area contributed by atoms with Crippen LogP contribution in [0, 0.1) is 5.92 Å². The van der Waals surface area contributed by atoms with Gasteiger partial charge >= 0.3 is 5.97 Å². The number of aliphatic hydroxyl groups excluding tert-OH is 1. The molecule has 0 spiro atoms. The Morgan fingerprint density at radius 1 is 0.967 bits per heavy atom. The number of esters is 1. The van der Waals surface area contributed by atoms with Crippen molar-refractivity contribution < 1.29 is 43.3 Å². The van der Waals surface area contributed by atoms with Crippen molar-refractivity contribution in [1.82, 2.24) is 35.8 Å². The van der Waals surface area contributed by atoms with Gasteiger partial charge in [-0.25, -0.2) is 9.48 Å². The molecule has 3 aromatic carbocycles. The van der Waals surface area contributed by atoms with Crippen LogP contribution in [-0.2, 0) is 49.9 Å². The number of carbonyl (C=O) groups is 5. The van der Waals surface area contributed by atoms with Crippen LogP contribution in [0.4, 0.5) is 0 Å². The molecule has 1 fully saturated rings. The van der Waals surface area contributed by atoms with Crippen LogP contribution >= 0.6 is 11.3 Å². The largest absolute Gasteiger partial charge is 0.492 e. The molecule has 8 rings (SSSR count).